The second-order valence-corrected chi connectivity index (χ2v) is 6.70. The molecule has 0 aromatic heterocycles. The standard InChI is InChI=1S/C19H24N2O5/c1-12-19(24)21(2)15-10-13(5-7-17(15)26-12)16(22)6-8-18(23)20-11-14-4-3-9-25-14/h5,7,10,12,14H,3-4,6,8-9,11H2,1-2H3,(H,20,23). The van der Waals surface area contributed by atoms with E-state index in [1.807, 2.05) is 0 Å². The molecule has 7 heteroatoms. The highest BCUT2D eigenvalue weighted by Gasteiger charge is 2.29. The molecule has 2 unspecified atom stereocenters. The van der Waals surface area contributed by atoms with Gasteiger partial charge in [-0.3, -0.25) is 14.4 Å². The zero-order chi connectivity index (χ0) is 18.7. The Hall–Kier alpha value is -2.41. The summed E-state index contributed by atoms with van der Waals surface area (Å²) in [6, 6.07) is 5.01. The smallest absolute Gasteiger partial charge is 0.267 e. The normalized spacial score (nSPS) is 21.9. The van der Waals surface area contributed by atoms with Gasteiger partial charge in [0.05, 0.1) is 11.8 Å². The Bertz CT molecular complexity index is 712. The van der Waals surface area contributed by atoms with Crippen molar-refractivity contribution in [3.05, 3.63) is 23.8 Å². The molecule has 0 radical (unpaired) electrons. The predicted octanol–water partition coefficient (Wildman–Crippen LogP) is 1.69. The molecule has 2 atom stereocenters. The molecular weight excluding hydrogens is 336 g/mol. The van der Waals surface area contributed by atoms with Crippen molar-refractivity contribution >= 4 is 23.3 Å². The molecule has 140 valence electrons. The number of rotatable bonds is 6. The van der Waals surface area contributed by atoms with Crippen LogP contribution in [0, 0.1) is 0 Å². The van der Waals surface area contributed by atoms with Crippen LogP contribution in [0.5, 0.6) is 5.75 Å². The van der Waals surface area contributed by atoms with Crippen molar-refractivity contribution in [2.24, 2.45) is 0 Å². The molecule has 3 rings (SSSR count). The number of carbonyl (C=O) groups is 3. The van der Waals surface area contributed by atoms with E-state index in [0.29, 0.717) is 23.5 Å². The summed E-state index contributed by atoms with van der Waals surface area (Å²) in [6.45, 7) is 2.93. The maximum atomic E-state index is 12.4. The fourth-order valence-electron chi connectivity index (χ4n) is 3.18. The van der Waals surface area contributed by atoms with Crippen LogP contribution >= 0.6 is 0 Å². The number of anilines is 1. The van der Waals surface area contributed by atoms with Gasteiger partial charge in [-0.25, -0.2) is 0 Å². The van der Waals surface area contributed by atoms with Crippen molar-refractivity contribution in [1.82, 2.24) is 5.32 Å². The second kappa shape index (κ2) is 7.86. The fraction of sp³-hybridized carbons (Fsp3) is 0.526. The van der Waals surface area contributed by atoms with Gasteiger partial charge in [0.2, 0.25) is 5.91 Å². The van der Waals surface area contributed by atoms with Crippen LogP contribution in [-0.4, -0.2) is 50.0 Å². The molecule has 1 aromatic carbocycles. The summed E-state index contributed by atoms with van der Waals surface area (Å²) in [5.74, 6) is 0.122. The summed E-state index contributed by atoms with van der Waals surface area (Å²) in [5, 5.41) is 2.81. The zero-order valence-electron chi connectivity index (χ0n) is 15.1. The van der Waals surface area contributed by atoms with Crippen LogP contribution in [0.3, 0.4) is 0 Å². The number of likely N-dealkylation sites (N-methyl/N-ethyl adjacent to an activating group) is 1. The van der Waals surface area contributed by atoms with Gasteiger partial charge in [-0.1, -0.05) is 0 Å². The Morgan fingerprint density at radius 1 is 1.31 bits per heavy atom. The highest BCUT2D eigenvalue weighted by Crippen LogP contribution is 2.34. The second-order valence-electron chi connectivity index (χ2n) is 6.70. The van der Waals surface area contributed by atoms with Crippen molar-refractivity contribution < 1.29 is 23.9 Å². The highest BCUT2D eigenvalue weighted by molar-refractivity contribution is 6.03. The molecule has 2 aliphatic rings. The van der Waals surface area contributed by atoms with E-state index in [9.17, 15) is 14.4 Å². The first-order valence-electron chi connectivity index (χ1n) is 8.95. The van der Waals surface area contributed by atoms with Gasteiger partial charge in [-0.2, -0.15) is 0 Å². The van der Waals surface area contributed by atoms with E-state index in [1.165, 1.54) is 4.90 Å². The van der Waals surface area contributed by atoms with Crippen LogP contribution in [0.2, 0.25) is 0 Å². The Balaban J connectivity index is 1.55. The van der Waals surface area contributed by atoms with E-state index >= 15 is 0 Å². The van der Waals surface area contributed by atoms with E-state index in [1.54, 1.807) is 32.2 Å². The first-order valence-corrected chi connectivity index (χ1v) is 8.95. The summed E-state index contributed by atoms with van der Waals surface area (Å²) in [7, 11) is 1.66. The lowest BCUT2D eigenvalue weighted by molar-refractivity contribution is -0.125. The summed E-state index contributed by atoms with van der Waals surface area (Å²) in [5.41, 5.74) is 1.04. The summed E-state index contributed by atoms with van der Waals surface area (Å²) < 4.78 is 11.0. The Kier molecular flexibility index (Phi) is 5.56. The zero-order valence-corrected chi connectivity index (χ0v) is 15.1. The SMILES string of the molecule is CC1Oc2ccc(C(=O)CCC(=O)NCC3CCCO3)cc2N(C)C1=O. The van der Waals surface area contributed by atoms with E-state index in [0.717, 1.165) is 19.4 Å². The number of fused-ring (bicyclic) bond motifs is 1. The van der Waals surface area contributed by atoms with Gasteiger partial charge in [0, 0.05) is 38.6 Å². The molecule has 1 aromatic rings. The summed E-state index contributed by atoms with van der Waals surface area (Å²) >= 11 is 0. The lowest BCUT2D eigenvalue weighted by Crippen LogP contribution is -2.42. The van der Waals surface area contributed by atoms with E-state index < -0.39 is 6.10 Å². The Morgan fingerprint density at radius 2 is 2.12 bits per heavy atom. The van der Waals surface area contributed by atoms with Crippen molar-refractivity contribution in [3.63, 3.8) is 0 Å². The number of hydrogen-bond acceptors (Lipinski definition) is 5. The first-order chi connectivity index (χ1) is 12.5. The van der Waals surface area contributed by atoms with Gasteiger partial charge in [-0.15, -0.1) is 0 Å². The molecule has 2 aliphatic heterocycles. The molecule has 0 saturated carbocycles. The molecule has 0 spiro atoms. The van der Waals surface area contributed by atoms with Gasteiger partial charge in [0.15, 0.2) is 11.9 Å². The topological polar surface area (TPSA) is 84.9 Å². The number of nitrogens with one attached hydrogen (secondary N) is 1. The van der Waals surface area contributed by atoms with Crippen LogP contribution in [0.25, 0.3) is 0 Å². The number of Topliss-reactive ketones (excluding diaryl/α,β-unsaturated/α-hetero) is 1. The van der Waals surface area contributed by atoms with E-state index in [-0.39, 0.29) is 36.5 Å². The number of nitrogens with zero attached hydrogens (tertiary/aromatic N) is 1. The van der Waals surface area contributed by atoms with Crippen LogP contribution in [-0.2, 0) is 14.3 Å². The quantitative estimate of drug-likeness (QED) is 0.781. The number of amides is 2. The van der Waals surface area contributed by atoms with Crippen molar-refractivity contribution in [2.75, 3.05) is 25.1 Å². The Labute approximate surface area is 152 Å². The number of ketones is 1. The number of benzene rings is 1. The minimum Gasteiger partial charge on any atom is -0.479 e. The lowest BCUT2D eigenvalue weighted by Gasteiger charge is -2.30. The molecule has 7 nitrogen and oxygen atoms in total. The monoisotopic (exact) mass is 360 g/mol. The number of hydrogen-bond donors (Lipinski definition) is 1. The first kappa shape index (κ1) is 18.4. The molecule has 1 fully saturated rings. The molecule has 1 saturated heterocycles. The third kappa shape index (κ3) is 4.04. The molecule has 0 bridgehead atoms. The highest BCUT2D eigenvalue weighted by atomic mass is 16.5. The predicted molar refractivity (Wildman–Crippen MR) is 95.5 cm³/mol. The average Bonchev–Trinajstić information content (AvgIpc) is 3.16. The van der Waals surface area contributed by atoms with Gasteiger partial charge in [0.25, 0.3) is 5.91 Å². The lowest BCUT2D eigenvalue weighted by atomic mass is 10.0. The van der Waals surface area contributed by atoms with Crippen LogP contribution in [0.4, 0.5) is 5.69 Å². The molecule has 26 heavy (non-hydrogen) atoms. The van der Waals surface area contributed by atoms with Gasteiger partial charge in [0.1, 0.15) is 5.75 Å². The van der Waals surface area contributed by atoms with Crippen molar-refractivity contribution in [1.29, 1.82) is 0 Å². The molecule has 1 N–H and O–H groups in total. The van der Waals surface area contributed by atoms with Crippen molar-refractivity contribution in [3.8, 4) is 5.75 Å². The number of ether oxygens (including phenoxy) is 2. The van der Waals surface area contributed by atoms with Gasteiger partial charge < -0.3 is 19.7 Å². The third-order valence-electron chi connectivity index (χ3n) is 4.75. The van der Waals surface area contributed by atoms with E-state index in [2.05, 4.69) is 5.32 Å². The maximum Gasteiger partial charge on any atom is 0.267 e. The minimum atomic E-state index is -0.540. The van der Waals surface area contributed by atoms with E-state index in [4.69, 9.17) is 9.47 Å². The third-order valence-corrected chi connectivity index (χ3v) is 4.75. The Morgan fingerprint density at radius 3 is 2.85 bits per heavy atom. The number of carbonyl (C=O) groups excluding carboxylic acids is 3. The average molecular weight is 360 g/mol. The maximum absolute atomic E-state index is 12.4. The van der Waals surface area contributed by atoms with Gasteiger partial charge in [-0.05, 0) is 38.0 Å². The summed E-state index contributed by atoms with van der Waals surface area (Å²) in [4.78, 5) is 37.8. The molecule has 0 aliphatic carbocycles. The summed E-state index contributed by atoms with van der Waals surface area (Å²) in [6.07, 6.45) is 1.78. The molecule has 2 heterocycles. The van der Waals surface area contributed by atoms with Gasteiger partial charge >= 0.3 is 0 Å². The largest absolute Gasteiger partial charge is 0.479 e. The fourth-order valence-corrected chi connectivity index (χ4v) is 3.18. The van der Waals surface area contributed by atoms with Crippen LogP contribution in [0.15, 0.2) is 18.2 Å². The van der Waals surface area contributed by atoms with Crippen molar-refractivity contribution in [2.45, 2.75) is 44.8 Å². The molecular formula is C19H24N2O5. The molecule has 2 amide bonds. The van der Waals surface area contributed by atoms with Crippen LogP contribution < -0.4 is 15.0 Å². The van der Waals surface area contributed by atoms with Crippen LogP contribution in [0.1, 0.15) is 43.0 Å². The minimum absolute atomic E-state index is 0.0887.